The van der Waals surface area contributed by atoms with Gasteiger partial charge < -0.3 is 4.18 Å². The second-order valence-electron chi connectivity index (χ2n) is 4.17. The smallest absolute Gasteiger partial charge is 0.240 e. The van der Waals surface area contributed by atoms with Crippen LogP contribution in [0.3, 0.4) is 0 Å². The first-order valence-corrected chi connectivity index (χ1v) is 11.2. The van der Waals surface area contributed by atoms with E-state index in [1.165, 1.54) is 18.2 Å². The molecule has 2 aromatic carbocycles. The van der Waals surface area contributed by atoms with Crippen LogP contribution in [-0.2, 0) is 20.9 Å². The lowest BCUT2D eigenvalue weighted by atomic mass is 10.3. The molecule has 10 heteroatoms. The molecule has 0 spiro atoms. The number of hydrogen-bond donors (Lipinski definition) is 0. The van der Waals surface area contributed by atoms with Crippen LogP contribution >= 0.6 is 59.4 Å². The third kappa shape index (κ3) is 4.58. The van der Waals surface area contributed by atoms with Gasteiger partial charge in [0.2, 0.25) is 22.4 Å². The summed E-state index contributed by atoms with van der Waals surface area (Å²) in [6.07, 6.45) is 0. The van der Waals surface area contributed by atoms with Crippen molar-refractivity contribution in [2.24, 2.45) is 0 Å². The molecule has 23 heavy (non-hydrogen) atoms. The first-order chi connectivity index (χ1) is 10.6. The lowest BCUT2D eigenvalue weighted by Crippen LogP contribution is -2.18. The molecule has 4 nitrogen and oxygen atoms in total. The third-order valence-electron chi connectivity index (χ3n) is 2.61. The summed E-state index contributed by atoms with van der Waals surface area (Å²) in [6, 6.07) is 12.6. The van der Waals surface area contributed by atoms with Gasteiger partial charge in [-0.2, -0.15) is 0 Å². The Hall–Kier alpha value is 0.0700. The molecule has 2 aromatic rings. The largest absolute Gasteiger partial charge is 0.397 e. The minimum absolute atomic E-state index is 0.0460. The molecule has 0 saturated heterocycles. The molecular weight excluding hydrogens is 559 g/mol. The number of halogens is 4. The quantitative estimate of drug-likeness (QED) is 0.488. The molecule has 0 radical (unpaired) electrons. The zero-order valence-electron chi connectivity index (χ0n) is 11.1. The Morgan fingerprint density at radius 2 is 1.65 bits per heavy atom. The van der Waals surface area contributed by atoms with E-state index in [1.807, 2.05) is 0 Å². The number of hydrogen-bond acceptors (Lipinski definition) is 4. The van der Waals surface area contributed by atoms with Crippen LogP contribution in [0.4, 0.5) is 0 Å². The molecule has 0 aliphatic carbocycles. The van der Waals surface area contributed by atoms with Crippen LogP contribution in [0, 0.1) is 0 Å². The molecule has 0 aliphatic rings. The summed E-state index contributed by atoms with van der Waals surface area (Å²) in [5.74, 6) is 0.195. The topological polar surface area (TPSA) is 60.4 Å². The second-order valence-corrected chi connectivity index (χ2v) is 16.1. The molecule has 2 rings (SSSR count). The lowest BCUT2D eigenvalue weighted by Gasteiger charge is -2.15. The van der Waals surface area contributed by atoms with Gasteiger partial charge in [0.1, 0.15) is 5.75 Å². The molecule has 1 unspecified atom stereocenters. The molecular formula is C13H8Br3ClO4S2. The summed E-state index contributed by atoms with van der Waals surface area (Å²) >= 11 is 13.2. The van der Waals surface area contributed by atoms with E-state index in [1.54, 1.807) is 30.3 Å². The van der Waals surface area contributed by atoms with Gasteiger partial charge in [0.25, 0.3) is 0 Å². The van der Waals surface area contributed by atoms with Crippen molar-refractivity contribution in [3.05, 3.63) is 53.6 Å². The normalized spacial score (nSPS) is 13.6. The van der Waals surface area contributed by atoms with E-state index in [0.29, 0.717) is 4.90 Å². The number of alkyl halides is 3. The Morgan fingerprint density at radius 3 is 2.17 bits per heavy atom. The van der Waals surface area contributed by atoms with E-state index >= 15 is 0 Å². The zero-order chi connectivity index (χ0) is 17.3. The second kappa shape index (κ2) is 7.53. The first kappa shape index (κ1) is 19.4. The van der Waals surface area contributed by atoms with Crippen LogP contribution in [0.5, 0.6) is 5.75 Å². The number of sulfone groups is 1. The Balaban J connectivity index is 2.29. The van der Waals surface area contributed by atoms with Crippen molar-refractivity contribution in [3.63, 3.8) is 0 Å². The van der Waals surface area contributed by atoms with Crippen molar-refractivity contribution in [3.8, 4) is 5.75 Å². The maximum absolute atomic E-state index is 12.3. The summed E-state index contributed by atoms with van der Waals surface area (Å²) in [5, 5.41) is -0.0460. The molecule has 124 valence electrons. The van der Waals surface area contributed by atoms with Crippen LogP contribution in [0.2, 0.25) is 5.02 Å². The van der Waals surface area contributed by atoms with Crippen LogP contribution < -0.4 is 4.18 Å². The molecule has 0 fully saturated rings. The maximum Gasteiger partial charge on any atom is 0.240 e. The summed E-state index contributed by atoms with van der Waals surface area (Å²) in [5.41, 5.74) is 0. The highest BCUT2D eigenvalue weighted by molar-refractivity contribution is 9.42. The van der Waals surface area contributed by atoms with Crippen molar-refractivity contribution < 1.29 is 16.8 Å². The van der Waals surface area contributed by atoms with Gasteiger partial charge in [-0.05, 0) is 72.1 Å². The van der Waals surface area contributed by atoms with E-state index in [0.717, 1.165) is 0 Å². The van der Waals surface area contributed by atoms with Gasteiger partial charge in [-0.15, -0.1) is 0 Å². The third-order valence-corrected chi connectivity index (χ3v) is 9.41. The Bertz CT molecular complexity index is 836. The fourth-order valence-corrected chi connectivity index (χ4v) is 5.15. The monoisotopic (exact) mass is 564 g/mol. The van der Waals surface area contributed by atoms with Crippen molar-refractivity contribution >= 4 is 80.3 Å². The highest BCUT2D eigenvalue weighted by atomic mass is 80.0. The van der Waals surface area contributed by atoms with Crippen LogP contribution in [0.1, 0.15) is 0 Å². The molecule has 1 atom stereocenters. The van der Waals surface area contributed by atoms with Crippen molar-refractivity contribution in [1.29, 1.82) is 0 Å². The summed E-state index contributed by atoms with van der Waals surface area (Å²) in [4.78, 5) is 0.378. The maximum atomic E-state index is 12.3. The minimum Gasteiger partial charge on any atom is -0.397 e. The van der Waals surface area contributed by atoms with Gasteiger partial charge >= 0.3 is 0 Å². The minimum atomic E-state index is -3.82. The Morgan fingerprint density at radius 1 is 1.04 bits per heavy atom. The van der Waals surface area contributed by atoms with Crippen LogP contribution in [0.25, 0.3) is 0 Å². The fourth-order valence-electron chi connectivity index (χ4n) is 1.54. The van der Waals surface area contributed by atoms with Crippen LogP contribution in [0.15, 0.2) is 58.3 Å². The van der Waals surface area contributed by atoms with Gasteiger partial charge in [0, 0.05) is 6.07 Å². The Labute approximate surface area is 166 Å². The van der Waals surface area contributed by atoms with Gasteiger partial charge in [-0.3, -0.25) is 0 Å². The highest BCUT2D eigenvalue weighted by Gasteiger charge is 2.38. The van der Waals surface area contributed by atoms with E-state index in [-0.39, 0.29) is 15.7 Å². The van der Waals surface area contributed by atoms with Gasteiger partial charge in [-0.25, -0.2) is 12.6 Å². The predicted octanol–water partition coefficient (Wildman–Crippen LogP) is 5.01. The van der Waals surface area contributed by atoms with E-state index in [4.69, 9.17) is 15.8 Å². The molecule has 0 amide bonds. The van der Waals surface area contributed by atoms with Crippen molar-refractivity contribution in [2.75, 3.05) is 0 Å². The van der Waals surface area contributed by atoms with Gasteiger partial charge in [-0.1, -0.05) is 29.8 Å². The first-order valence-electron chi connectivity index (χ1n) is 5.89. The molecule has 0 saturated carbocycles. The van der Waals surface area contributed by atoms with E-state index < -0.39 is 22.4 Å². The SMILES string of the molecule is O=S(Oc1ccc(S(=O)(=O)C(Br)(Br)Br)c(Cl)c1)c1ccccc1. The van der Waals surface area contributed by atoms with E-state index in [2.05, 4.69) is 47.8 Å². The molecule has 0 N–H and O–H groups in total. The average Bonchev–Trinajstić information content (AvgIpc) is 2.46. The molecule has 0 aromatic heterocycles. The molecule has 0 heterocycles. The van der Waals surface area contributed by atoms with E-state index in [9.17, 15) is 12.6 Å². The highest BCUT2D eigenvalue weighted by Crippen LogP contribution is 2.45. The van der Waals surface area contributed by atoms with Gasteiger partial charge in [0.15, 0.2) is 0 Å². The zero-order valence-corrected chi connectivity index (χ0v) is 18.2. The summed E-state index contributed by atoms with van der Waals surface area (Å²) < 4.78 is 40.4. The summed E-state index contributed by atoms with van der Waals surface area (Å²) in [6.45, 7) is 0. The number of benzene rings is 2. The molecule has 0 bridgehead atoms. The van der Waals surface area contributed by atoms with Crippen molar-refractivity contribution in [1.82, 2.24) is 0 Å². The number of rotatable bonds is 4. The standard InChI is InChI=1S/C13H8Br3ClO4S2/c14-13(15,16)23(19,20)12-7-6-9(8-11(12)17)21-22(18)10-4-2-1-3-5-10/h1-8H. The lowest BCUT2D eigenvalue weighted by molar-refractivity contribution is 0.561. The summed E-state index contributed by atoms with van der Waals surface area (Å²) in [7, 11) is -3.82. The average molecular weight is 568 g/mol. The molecule has 0 aliphatic heterocycles. The fraction of sp³-hybridized carbons (Fsp3) is 0.0769. The van der Waals surface area contributed by atoms with Crippen LogP contribution in [-0.4, -0.2) is 14.1 Å². The van der Waals surface area contributed by atoms with Crippen molar-refractivity contribution in [2.45, 2.75) is 11.3 Å². The predicted molar refractivity (Wildman–Crippen MR) is 102 cm³/mol. The Kier molecular flexibility index (Phi) is 6.35. The van der Waals surface area contributed by atoms with Gasteiger partial charge in [0.05, 0.1) is 14.8 Å².